The van der Waals surface area contributed by atoms with Crippen LogP contribution in [0.5, 0.6) is 0 Å². The molecule has 3 fully saturated rings. The number of carbonyl (C=O) groups excluding carboxylic acids is 2. The normalized spacial score (nSPS) is 21.8. The molecule has 2 aliphatic carbocycles. The van der Waals surface area contributed by atoms with Gasteiger partial charge in [0.05, 0.1) is 11.3 Å². The Bertz CT molecular complexity index is 724. The van der Waals surface area contributed by atoms with E-state index in [1.165, 1.54) is 44.9 Å². The first-order valence-electron chi connectivity index (χ1n) is 12.2. The van der Waals surface area contributed by atoms with Gasteiger partial charge >= 0.3 is 0 Å². The largest absolute Gasteiger partial charge is 0.349 e. The summed E-state index contributed by atoms with van der Waals surface area (Å²) < 4.78 is 1.77. The van der Waals surface area contributed by atoms with Crippen LogP contribution in [0.4, 0.5) is 0 Å². The van der Waals surface area contributed by atoms with E-state index in [9.17, 15) is 9.59 Å². The van der Waals surface area contributed by atoms with E-state index in [4.69, 9.17) is 0 Å². The van der Waals surface area contributed by atoms with Gasteiger partial charge in [0.1, 0.15) is 0 Å². The molecule has 1 aliphatic heterocycles. The van der Waals surface area contributed by atoms with Crippen molar-refractivity contribution >= 4 is 11.8 Å². The number of hydrogen-bond acceptors (Lipinski definition) is 3. The highest BCUT2D eigenvalue weighted by Gasteiger charge is 2.28. The van der Waals surface area contributed by atoms with Gasteiger partial charge in [0, 0.05) is 38.8 Å². The number of piperidine rings is 1. The quantitative estimate of drug-likeness (QED) is 0.769. The van der Waals surface area contributed by atoms with E-state index >= 15 is 0 Å². The molecule has 1 N–H and O–H groups in total. The molecule has 0 unspecified atom stereocenters. The predicted molar refractivity (Wildman–Crippen MR) is 117 cm³/mol. The molecule has 0 aromatic carbocycles. The highest BCUT2D eigenvalue weighted by Crippen LogP contribution is 2.29. The van der Waals surface area contributed by atoms with Gasteiger partial charge in [-0.2, -0.15) is 5.10 Å². The van der Waals surface area contributed by atoms with E-state index in [0.717, 1.165) is 62.9 Å². The minimum atomic E-state index is 0.0325. The highest BCUT2D eigenvalue weighted by molar-refractivity contribution is 5.95. The van der Waals surface area contributed by atoms with Gasteiger partial charge in [0.15, 0.2) is 0 Å². The minimum Gasteiger partial charge on any atom is -0.349 e. The van der Waals surface area contributed by atoms with Crippen molar-refractivity contribution < 1.29 is 9.59 Å². The van der Waals surface area contributed by atoms with E-state index in [1.54, 1.807) is 4.68 Å². The topological polar surface area (TPSA) is 67.2 Å². The van der Waals surface area contributed by atoms with Crippen LogP contribution in [0.3, 0.4) is 0 Å². The fraction of sp³-hybridized carbons (Fsp3) is 0.792. The van der Waals surface area contributed by atoms with E-state index < -0.39 is 0 Å². The number of aromatic nitrogens is 2. The Kier molecular flexibility index (Phi) is 7.11. The lowest BCUT2D eigenvalue weighted by atomic mass is 9.86. The standard InChI is InChI=1S/C24H38N4O2/c1-27-17-21(24(30)25-20-9-5-6-10-20)22(26-27)15-19-11-13-28(14-12-19)23(29)16-18-7-3-2-4-8-18/h17-20H,2-16H2,1H3,(H,25,30). The molecule has 3 aliphatic rings. The number of likely N-dealkylation sites (tertiary alicyclic amines) is 1. The molecule has 1 aromatic heterocycles. The summed E-state index contributed by atoms with van der Waals surface area (Å²) in [7, 11) is 1.89. The van der Waals surface area contributed by atoms with Gasteiger partial charge in [-0.25, -0.2) is 0 Å². The second-order valence-corrected chi connectivity index (χ2v) is 9.85. The van der Waals surface area contributed by atoms with Crippen molar-refractivity contribution in [3.63, 3.8) is 0 Å². The molecule has 2 amide bonds. The van der Waals surface area contributed by atoms with Crippen LogP contribution in [0, 0.1) is 11.8 Å². The maximum absolute atomic E-state index is 12.8. The fourth-order valence-corrected chi connectivity index (χ4v) is 5.64. The van der Waals surface area contributed by atoms with Gasteiger partial charge in [-0.1, -0.05) is 32.1 Å². The van der Waals surface area contributed by atoms with E-state index in [2.05, 4.69) is 15.3 Å². The highest BCUT2D eigenvalue weighted by atomic mass is 16.2. The summed E-state index contributed by atoms with van der Waals surface area (Å²) in [4.78, 5) is 27.6. The third kappa shape index (κ3) is 5.44. The minimum absolute atomic E-state index is 0.0325. The number of aryl methyl sites for hydroxylation is 1. The molecule has 1 aromatic rings. The van der Waals surface area contributed by atoms with E-state index in [1.807, 2.05) is 13.2 Å². The van der Waals surface area contributed by atoms with Gasteiger partial charge in [-0.3, -0.25) is 14.3 Å². The van der Waals surface area contributed by atoms with Crippen LogP contribution in [-0.2, 0) is 18.3 Å². The molecule has 166 valence electrons. The Morgan fingerprint density at radius 2 is 1.63 bits per heavy atom. The summed E-state index contributed by atoms with van der Waals surface area (Å²) in [5, 5.41) is 7.81. The second kappa shape index (κ2) is 9.97. The van der Waals surface area contributed by atoms with Crippen molar-refractivity contribution in [1.29, 1.82) is 0 Å². The van der Waals surface area contributed by atoms with Crippen LogP contribution in [0.1, 0.15) is 93.1 Å². The fourth-order valence-electron chi connectivity index (χ4n) is 5.64. The van der Waals surface area contributed by atoms with E-state index in [0.29, 0.717) is 23.8 Å². The third-order valence-corrected chi connectivity index (χ3v) is 7.48. The average molecular weight is 415 g/mol. The van der Waals surface area contributed by atoms with Crippen LogP contribution in [0.25, 0.3) is 0 Å². The maximum Gasteiger partial charge on any atom is 0.254 e. The van der Waals surface area contributed by atoms with Gasteiger partial charge < -0.3 is 10.2 Å². The number of nitrogens with zero attached hydrogens (tertiary/aromatic N) is 3. The summed E-state index contributed by atoms with van der Waals surface area (Å²) in [6.07, 6.45) is 16.5. The van der Waals surface area contributed by atoms with Crippen LogP contribution in [0.15, 0.2) is 6.20 Å². The monoisotopic (exact) mass is 414 g/mol. The Balaban J connectivity index is 1.27. The lowest BCUT2D eigenvalue weighted by Gasteiger charge is -2.33. The molecule has 6 nitrogen and oxygen atoms in total. The Hall–Kier alpha value is -1.85. The molecular weight excluding hydrogens is 376 g/mol. The molecule has 0 atom stereocenters. The maximum atomic E-state index is 12.8. The lowest BCUT2D eigenvalue weighted by Crippen LogP contribution is -2.40. The van der Waals surface area contributed by atoms with Gasteiger partial charge in [-0.05, 0) is 56.8 Å². The zero-order valence-corrected chi connectivity index (χ0v) is 18.6. The van der Waals surface area contributed by atoms with Gasteiger partial charge in [0.25, 0.3) is 5.91 Å². The number of carbonyl (C=O) groups is 2. The summed E-state index contributed by atoms with van der Waals surface area (Å²) in [6, 6.07) is 0.323. The number of amides is 2. The molecule has 30 heavy (non-hydrogen) atoms. The molecule has 2 heterocycles. The Morgan fingerprint density at radius 1 is 0.967 bits per heavy atom. The SMILES string of the molecule is Cn1cc(C(=O)NC2CCCC2)c(CC2CCN(C(=O)CC3CCCCC3)CC2)n1. The summed E-state index contributed by atoms with van der Waals surface area (Å²) in [6.45, 7) is 1.71. The molecule has 0 spiro atoms. The van der Waals surface area contributed by atoms with Crippen LogP contribution in [0.2, 0.25) is 0 Å². The van der Waals surface area contributed by atoms with Gasteiger partial charge in [0.2, 0.25) is 5.91 Å². The summed E-state index contributed by atoms with van der Waals surface area (Å²) in [5.74, 6) is 1.50. The van der Waals surface area contributed by atoms with Crippen molar-refractivity contribution in [2.24, 2.45) is 18.9 Å². The molecular formula is C24H38N4O2. The molecule has 1 saturated heterocycles. The van der Waals surface area contributed by atoms with Crippen molar-refractivity contribution in [2.75, 3.05) is 13.1 Å². The molecule has 6 heteroatoms. The zero-order valence-electron chi connectivity index (χ0n) is 18.6. The van der Waals surface area contributed by atoms with Crippen molar-refractivity contribution in [3.05, 3.63) is 17.5 Å². The predicted octanol–water partition coefficient (Wildman–Crippen LogP) is 3.84. The number of rotatable bonds is 6. The van der Waals surface area contributed by atoms with Crippen LogP contribution < -0.4 is 5.32 Å². The second-order valence-electron chi connectivity index (χ2n) is 9.85. The van der Waals surface area contributed by atoms with Crippen LogP contribution in [-0.4, -0.2) is 45.6 Å². The number of nitrogens with one attached hydrogen (secondary N) is 1. The average Bonchev–Trinajstić information content (AvgIpc) is 3.38. The van der Waals surface area contributed by atoms with Crippen molar-refractivity contribution in [3.8, 4) is 0 Å². The molecule has 0 bridgehead atoms. The van der Waals surface area contributed by atoms with E-state index in [-0.39, 0.29) is 5.91 Å². The Morgan fingerprint density at radius 3 is 2.33 bits per heavy atom. The third-order valence-electron chi connectivity index (χ3n) is 7.48. The molecule has 0 radical (unpaired) electrons. The smallest absolute Gasteiger partial charge is 0.254 e. The zero-order chi connectivity index (χ0) is 20.9. The first-order valence-corrected chi connectivity index (χ1v) is 12.2. The first kappa shape index (κ1) is 21.4. The Labute approximate surface area is 180 Å². The summed E-state index contributed by atoms with van der Waals surface area (Å²) >= 11 is 0. The number of hydrogen-bond donors (Lipinski definition) is 1. The van der Waals surface area contributed by atoms with Gasteiger partial charge in [-0.15, -0.1) is 0 Å². The first-order chi connectivity index (χ1) is 14.6. The summed E-state index contributed by atoms with van der Waals surface area (Å²) in [5.41, 5.74) is 1.65. The van der Waals surface area contributed by atoms with Crippen molar-refractivity contribution in [2.45, 2.75) is 89.5 Å². The molecule has 2 saturated carbocycles. The van der Waals surface area contributed by atoms with Crippen molar-refractivity contribution in [1.82, 2.24) is 20.0 Å². The van der Waals surface area contributed by atoms with Crippen LogP contribution >= 0.6 is 0 Å². The lowest BCUT2D eigenvalue weighted by molar-refractivity contribution is -0.133. The molecule has 4 rings (SSSR count).